The third kappa shape index (κ3) is 2.70. The summed E-state index contributed by atoms with van der Waals surface area (Å²) in [5.74, 6) is 0.151. The van der Waals surface area contributed by atoms with E-state index in [1.54, 1.807) is 0 Å². The van der Waals surface area contributed by atoms with Gasteiger partial charge in [0.25, 0.3) is 0 Å². The van der Waals surface area contributed by atoms with Gasteiger partial charge in [-0.1, -0.05) is 13.8 Å². The van der Waals surface area contributed by atoms with Crippen molar-refractivity contribution >= 4 is 28.6 Å². The molecule has 76 valence electrons. The first kappa shape index (κ1) is 11.5. The second-order valence-corrected chi connectivity index (χ2v) is 4.67. The van der Waals surface area contributed by atoms with Crippen molar-refractivity contribution in [3.05, 3.63) is 32.9 Å². The van der Waals surface area contributed by atoms with Gasteiger partial charge < -0.3 is 4.74 Å². The molecule has 0 bridgehead atoms. The molecule has 1 aromatic carbocycles. The van der Waals surface area contributed by atoms with E-state index >= 15 is 0 Å². The molecule has 0 saturated heterocycles. The van der Waals surface area contributed by atoms with Crippen LogP contribution in [0.2, 0.25) is 0 Å². The highest BCUT2D eigenvalue weighted by Crippen LogP contribution is 2.20. The van der Waals surface area contributed by atoms with Gasteiger partial charge in [-0.15, -0.1) is 0 Å². The number of benzene rings is 1. The van der Waals surface area contributed by atoms with Crippen molar-refractivity contribution in [3.63, 3.8) is 0 Å². The fourth-order valence-corrected chi connectivity index (χ4v) is 1.88. The first-order chi connectivity index (χ1) is 6.54. The number of rotatable bonds is 2. The molecule has 0 amide bonds. The maximum Gasteiger partial charge on any atom is 0.337 e. The van der Waals surface area contributed by atoms with Crippen molar-refractivity contribution in [2.75, 3.05) is 7.11 Å². The van der Waals surface area contributed by atoms with Crippen molar-refractivity contribution in [2.24, 2.45) is 0 Å². The lowest BCUT2D eigenvalue weighted by atomic mass is 10.0. The lowest BCUT2D eigenvalue weighted by molar-refractivity contribution is 0.0600. The number of esters is 1. The SMILES string of the molecule is COC(=O)c1cc(I)cc(C(C)C)c1. The van der Waals surface area contributed by atoms with E-state index in [1.807, 2.05) is 12.1 Å². The van der Waals surface area contributed by atoms with Gasteiger partial charge >= 0.3 is 5.97 Å². The van der Waals surface area contributed by atoms with Crippen molar-refractivity contribution in [1.82, 2.24) is 0 Å². The van der Waals surface area contributed by atoms with Gasteiger partial charge in [0.05, 0.1) is 12.7 Å². The Morgan fingerprint density at radius 2 is 2.00 bits per heavy atom. The Labute approximate surface area is 97.8 Å². The molecule has 0 radical (unpaired) electrons. The third-order valence-corrected chi connectivity index (χ3v) is 2.63. The van der Waals surface area contributed by atoms with Crippen LogP contribution in [0.3, 0.4) is 0 Å². The summed E-state index contributed by atoms with van der Waals surface area (Å²) in [7, 11) is 1.40. The maximum atomic E-state index is 11.3. The van der Waals surface area contributed by atoms with Gasteiger partial charge in [0.15, 0.2) is 0 Å². The minimum atomic E-state index is -0.273. The Morgan fingerprint density at radius 1 is 1.36 bits per heavy atom. The van der Waals surface area contributed by atoms with Gasteiger partial charge in [0, 0.05) is 3.57 Å². The van der Waals surface area contributed by atoms with Crippen LogP contribution in [0.1, 0.15) is 35.7 Å². The van der Waals surface area contributed by atoms with E-state index in [9.17, 15) is 4.79 Å². The predicted molar refractivity (Wildman–Crippen MR) is 64.6 cm³/mol. The number of carbonyl (C=O) groups excluding carboxylic acids is 1. The van der Waals surface area contributed by atoms with Crippen LogP contribution in [0.5, 0.6) is 0 Å². The molecule has 2 nitrogen and oxygen atoms in total. The largest absolute Gasteiger partial charge is 0.465 e. The number of methoxy groups -OCH3 is 1. The topological polar surface area (TPSA) is 26.3 Å². The minimum Gasteiger partial charge on any atom is -0.465 e. The molecule has 0 N–H and O–H groups in total. The standard InChI is InChI=1S/C11H13IO2/c1-7(2)8-4-9(11(13)14-3)6-10(12)5-8/h4-7H,1-3H3. The highest BCUT2D eigenvalue weighted by atomic mass is 127. The van der Waals surface area contributed by atoms with Crippen molar-refractivity contribution in [3.8, 4) is 0 Å². The fourth-order valence-electron chi connectivity index (χ4n) is 1.18. The zero-order chi connectivity index (χ0) is 10.7. The second-order valence-electron chi connectivity index (χ2n) is 3.42. The van der Waals surface area contributed by atoms with E-state index in [0.717, 1.165) is 9.13 Å². The molecule has 1 aromatic rings. The lowest BCUT2D eigenvalue weighted by Gasteiger charge is -2.08. The first-order valence-corrected chi connectivity index (χ1v) is 5.51. The molecule has 0 spiro atoms. The minimum absolute atomic E-state index is 0.273. The average molecular weight is 304 g/mol. The van der Waals surface area contributed by atoms with Crippen LogP contribution in [0.4, 0.5) is 0 Å². The smallest absolute Gasteiger partial charge is 0.337 e. The van der Waals surface area contributed by atoms with E-state index < -0.39 is 0 Å². The molecule has 1 rings (SSSR count). The van der Waals surface area contributed by atoms with Crippen molar-refractivity contribution in [1.29, 1.82) is 0 Å². The normalized spacial score (nSPS) is 10.4. The Kier molecular flexibility index (Phi) is 3.92. The monoisotopic (exact) mass is 304 g/mol. The highest BCUT2D eigenvalue weighted by Gasteiger charge is 2.09. The van der Waals surface area contributed by atoms with Crippen LogP contribution < -0.4 is 0 Å². The molecule has 0 unspecified atom stereocenters. The Balaban J connectivity index is 3.13. The summed E-state index contributed by atoms with van der Waals surface area (Å²) in [6.45, 7) is 4.21. The second kappa shape index (κ2) is 4.77. The number of hydrogen-bond acceptors (Lipinski definition) is 2. The van der Waals surface area contributed by atoms with Gasteiger partial charge in [-0.3, -0.25) is 0 Å². The molecular formula is C11H13IO2. The molecule has 3 heteroatoms. The van der Waals surface area contributed by atoms with Crippen LogP contribution >= 0.6 is 22.6 Å². The quantitative estimate of drug-likeness (QED) is 0.619. The summed E-state index contributed by atoms with van der Waals surface area (Å²) < 4.78 is 5.75. The lowest BCUT2D eigenvalue weighted by Crippen LogP contribution is -2.03. The molecule has 0 atom stereocenters. The number of halogens is 1. The molecule has 0 aromatic heterocycles. The van der Waals surface area contributed by atoms with Gasteiger partial charge in [-0.05, 0) is 52.3 Å². The van der Waals surface area contributed by atoms with E-state index in [-0.39, 0.29) is 5.97 Å². The molecule has 0 saturated carbocycles. The fraction of sp³-hybridized carbons (Fsp3) is 0.364. The molecule has 0 heterocycles. The summed E-state index contributed by atoms with van der Waals surface area (Å²) in [6.07, 6.45) is 0. The van der Waals surface area contributed by atoms with Crippen LogP contribution in [0.25, 0.3) is 0 Å². The predicted octanol–water partition coefficient (Wildman–Crippen LogP) is 3.20. The van der Waals surface area contributed by atoms with Crippen molar-refractivity contribution < 1.29 is 9.53 Å². The summed E-state index contributed by atoms with van der Waals surface area (Å²) in [4.78, 5) is 11.3. The summed E-state index contributed by atoms with van der Waals surface area (Å²) in [5, 5.41) is 0. The van der Waals surface area contributed by atoms with Crippen LogP contribution in [0.15, 0.2) is 18.2 Å². The Hall–Kier alpha value is -0.580. The Bertz CT molecular complexity index is 345. The van der Waals surface area contributed by atoms with Gasteiger partial charge in [-0.25, -0.2) is 4.79 Å². The molecule has 0 aliphatic rings. The number of ether oxygens (including phenoxy) is 1. The third-order valence-electron chi connectivity index (χ3n) is 2.01. The maximum absolute atomic E-state index is 11.3. The van der Waals surface area contributed by atoms with Gasteiger partial charge in [0.2, 0.25) is 0 Å². The Morgan fingerprint density at radius 3 is 2.50 bits per heavy atom. The zero-order valence-corrected chi connectivity index (χ0v) is 10.7. The number of carbonyl (C=O) groups is 1. The first-order valence-electron chi connectivity index (χ1n) is 4.43. The van der Waals surface area contributed by atoms with Crippen LogP contribution in [-0.2, 0) is 4.74 Å². The van der Waals surface area contributed by atoms with Gasteiger partial charge in [0.1, 0.15) is 0 Å². The summed E-state index contributed by atoms with van der Waals surface area (Å²) >= 11 is 2.21. The molecule has 0 aliphatic heterocycles. The molecule has 0 fully saturated rings. The highest BCUT2D eigenvalue weighted by molar-refractivity contribution is 14.1. The molecule has 14 heavy (non-hydrogen) atoms. The van der Waals surface area contributed by atoms with Crippen LogP contribution in [0, 0.1) is 3.57 Å². The molecular weight excluding hydrogens is 291 g/mol. The van der Waals surface area contributed by atoms with E-state index in [2.05, 4.69) is 47.2 Å². The van der Waals surface area contributed by atoms with Crippen molar-refractivity contribution in [2.45, 2.75) is 19.8 Å². The van der Waals surface area contributed by atoms with E-state index in [4.69, 9.17) is 0 Å². The molecule has 0 aliphatic carbocycles. The summed E-state index contributed by atoms with van der Waals surface area (Å²) in [6, 6.07) is 5.80. The summed E-state index contributed by atoms with van der Waals surface area (Å²) in [5.41, 5.74) is 1.79. The van der Waals surface area contributed by atoms with Crippen LogP contribution in [-0.4, -0.2) is 13.1 Å². The van der Waals surface area contributed by atoms with E-state index in [0.29, 0.717) is 11.5 Å². The van der Waals surface area contributed by atoms with E-state index in [1.165, 1.54) is 7.11 Å². The average Bonchev–Trinajstić information content (AvgIpc) is 2.15. The zero-order valence-electron chi connectivity index (χ0n) is 8.50. The number of hydrogen-bond donors (Lipinski definition) is 0. The van der Waals surface area contributed by atoms with Gasteiger partial charge in [-0.2, -0.15) is 0 Å².